The molecule has 0 atom stereocenters. The molecular weight excluding hydrogens is 342 g/mol. The zero-order valence-electron chi connectivity index (χ0n) is 13.3. The number of anilines is 1. The molecule has 0 aliphatic rings. The Morgan fingerprint density at radius 2 is 1.96 bits per heavy atom. The van der Waals surface area contributed by atoms with Gasteiger partial charge < -0.3 is 15.8 Å². The van der Waals surface area contributed by atoms with Crippen LogP contribution in [0.4, 0.5) is 10.5 Å². The maximum absolute atomic E-state index is 12.1. The summed E-state index contributed by atoms with van der Waals surface area (Å²) >= 11 is 5.74. The van der Waals surface area contributed by atoms with E-state index in [0.29, 0.717) is 11.4 Å². The predicted molar refractivity (Wildman–Crippen MR) is 89.9 cm³/mol. The third-order valence-corrected chi connectivity index (χ3v) is 4.35. The van der Waals surface area contributed by atoms with E-state index in [9.17, 15) is 13.2 Å². The van der Waals surface area contributed by atoms with Gasteiger partial charge in [-0.3, -0.25) is 0 Å². The highest BCUT2D eigenvalue weighted by molar-refractivity contribution is 7.89. The van der Waals surface area contributed by atoms with Crippen molar-refractivity contribution >= 4 is 33.4 Å². The molecule has 0 saturated heterocycles. The van der Waals surface area contributed by atoms with Gasteiger partial charge in [-0.05, 0) is 45.4 Å². The van der Waals surface area contributed by atoms with Crippen LogP contribution in [0.2, 0.25) is 5.02 Å². The Balaban J connectivity index is 2.42. The van der Waals surface area contributed by atoms with Crippen molar-refractivity contribution in [2.45, 2.75) is 37.7 Å². The molecule has 0 bridgehead atoms. The van der Waals surface area contributed by atoms with Gasteiger partial charge in [0.1, 0.15) is 10.5 Å². The van der Waals surface area contributed by atoms with Gasteiger partial charge in [0, 0.05) is 18.1 Å². The number of halogens is 1. The van der Waals surface area contributed by atoms with E-state index in [2.05, 4.69) is 10.0 Å². The molecule has 1 aromatic rings. The van der Waals surface area contributed by atoms with Gasteiger partial charge in [0.15, 0.2) is 0 Å². The first kappa shape index (κ1) is 19.5. The van der Waals surface area contributed by atoms with Crippen molar-refractivity contribution < 1.29 is 17.9 Å². The van der Waals surface area contributed by atoms with Crippen molar-refractivity contribution in [3.63, 3.8) is 0 Å². The summed E-state index contributed by atoms with van der Waals surface area (Å²) in [4.78, 5) is 11.4. The van der Waals surface area contributed by atoms with Crippen LogP contribution in [0.1, 0.15) is 27.2 Å². The topological polar surface area (TPSA) is 111 Å². The van der Waals surface area contributed by atoms with Crippen molar-refractivity contribution in [3.05, 3.63) is 23.2 Å². The van der Waals surface area contributed by atoms with E-state index in [1.54, 1.807) is 20.8 Å². The summed E-state index contributed by atoms with van der Waals surface area (Å²) in [7, 11) is -3.71. The molecular formula is C14H22ClN3O4S. The fraction of sp³-hybridized carbons (Fsp3) is 0.500. The van der Waals surface area contributed by atoms with Crippen LogP contribution in [-0.4, -0.2) is 33.2 Å². The van der Waals surface area contributed by atoms with Gasteiger partial charge >= 0.3 is 6.09 Å². The van der Waals surface area contributed by atoms with Crippen LogP contribution in [0, 0.1) is 0 Å². The van der Waals surface area contributed by atoms with Gasteiger partial charge in [0.25, 0.3) is 0 Å². The van der Waals surface area contributed by atoms with Crippen LogP contribution in [0.15, 0.2) is 23.1 Å². The monoisotopic (exact) mass is 363 g/mol. The van der Waals surface area contributed by atoms with E-state index < -0.39 is 21.7 Å². The summed E-state index contributed by atoms with van der Waals surface area (Å²) in [6.07, 6.45) is -0.131. The molecule has 1 amide bonds. The highest BCUT2D eigenvalue weighted by Gasteiger charge is 2.17. The summed E-state index contributed by atoms with van der Waals surface area (Å²) in [5, 5.41) is 2.91. The number of carbonyl (C=O) groups excluding carboxylic acids is 1. The van der Waals surface area contributed by atoms with Crippen molar-refractivity contribution in [3.8, 4) is 0 Å². The molecule has 0 aliphatic carbocycles. The second kappa shape index (κ2) is 7.85. The number of carbonyl (C=O) groups is 1. The van der Waals surface area contributed by atoms with E-state index in [-0.39, 0.29) is 23.7 Å². The molecule has 0 radical (unpaired) electrons. The van der Waals surface area contributed by atoms with Crippen molar-refractivity contribution in [2.75, 3.05) is 18.8 Å². The first-order valence-corrected chi connectivity index (χ1v) is 8.89. The number of nitrogens with two attached hydrogens (primary N) is 1. The third-order valence-electron chi connectivity index (χ3n) is 2.58. The predicted octanol–water partition coefficient (Wildman–Crippen LogP) is 2.12. The lowest BCUT2D eigenvalue weighted by atomic mass is 10.2. The van der Waals surface area contributed by atoms with Gasteiger partial charge in [0.2, 0.25) is 10.0 Å². The third kappa shape index (κ3) is 7.06. The minimum Gasteiger partial charge on any atom is -0.444 e. The number of hydrogen-bond donors (Lipinski definition) is 3. The number of hydrogen-bond acceptors (Lipinski definition) is 5. The lowest BCUT2D eigenvalue weighted by molar-refractivity contribution is 0.0527. The van der Waals surface area contributed by atoms with Gasteiger partial charge in [-0.1, -0.05) is 11.6 Å². The SMILES string of the molecule is CC(C)(C)OC(=O)NCCCNS(=O)(=O)c1ccc(Cl)cc1N. The maximum Gasteiger partial charge on any atom is 0.407 e. The van der Waals surface area contributed by atoms with Crippen molar-refractivity contribution in [1.29, 1.82) is 0 Å². The highest BCUT2D eigenvalue weighted by Crippen LogP contribution is 2.22. The number of alkyl carbamates (subject to hydrolysis) is 1. The smallest absolute Gasteiger partial charge is 0.407 e. The molecule has 130 valence electrons. The number of nitrogen functional groups attached to an aromatic ring is 1. The summed E-state index contributed by atoms with van der Waals surface area (Å²) in [6.45, 7) is 5.72. The van der Waals surface area contributed by atoms with E-state index >= 15 is 0 Å². The Labute approximate surface area is 141 Å². The summed E-state index contributed by atoms with van der Waals surface area (Å²) < 4.78 is 31.7. The average molecular weight is 364 g/mol. The molecule has 0 saturated carbocycles. The Morgan fingerprint density at radius 1 is 1.30 bits per heavy atom. The number of amides is 1. The second-order valence-electron chi connectivity index (χ2n) is 5.86. The van der Waals surface area contributed by atoms with Crippen LogP contribution in [0.3, 0.4) is 0 Å². The van der Waals surface area contributed by atoms with Crippen molar-refractivity contribution in [2.24, 2.45) is 0 Å². The largest absolute Gasteiger partial charge is 0.444 e. The quantitative estimate of drug-likeness (QED) is 0.529. The van der Waals surface area contributed by atoms with E-state index in [4.69, 9.17) is 22.1 Å². The van der Waals surface area contributed by atoms with Crippen LogP contribution >= 0.6 is 11.6 Å². The molecule has 0 aliphatic heterocycles. The Morgan fingerprint density at radius 3 is 2.52 bits per heavy atom. The molecule has 1 rings (SSSR count). The number of ether oxygens (including phenoxy) is 1. The first-order chi connectivity index (χ1) is 10.5. The van der Waals surface area contributed by atoms with Crippen LogP contribution in [0.5, 0.6) is 0 Å². The lowest BCUT2D eigenvalue weighted by Crippen LogP contribution is -2.34. The van der Waals surface area contributed by atoms with Crippen LogP contribution < -0.4 is 15.8 Å². The molecule has 7 nitrogen and oxygen atoms in total. The Bertz CT molecular complexity index is 656. The van der Waals surface area contributed by atoms with E-state index in [1.807, 2.05) is 0 Å². The Kier molecular flexibility index (Phi) is 6.67. The number of nitrogens with one attached hydrogen (secondary N) is 2. The molecule has 1 aromatic carbocycles. The van der Waals surface area contributed by atoms with Gasteiger partial charge in [-0.2, -0.15) is 0 Å². The molecule has 0 fully saturated rings. The zero-order valence-corrected chi connectivity index (χ0v) is 14.9. The maximum atomic E-state index is 12.1. The molecule has 23 heavy (non-hydrogen) atoms. The minimum absolute atomic E-state index is 0.0259. The lowest BCUT2D eigenvalue weighted by Gasteiger charge is -2.19. The first-order valence-electron chi connectivity index (χ1n) is 7.03. The van der Waals surface area contributed by atoms with Crippen LogP contribution in [-0.2, 0) is 14.8 Å². The number of rotatable bonds is 6. The van der Waals surface area contributed by atoms with Gasteiger partial charge in [-0.15, -0.1) is 0 Å². The fourth-order valence-electron chi connectivity index (χ4n) is 1.64. The highest BCUT2D eigenvalue weighted by atomic mass is 35.5. The number of sulfonamides is 1. The van der Waals surface area contributed by atoms with Gasteiger partial charge in [0.05, 0.1) is 5.69 Å². The van der Waals surface area contributed by atoms with Gasteiger partial charge in [-0.25, -0.2) is 17.9 Å². The second-order valence-corrected chi connectivity index (χ2v) is 8.03. The Hall–Kier alpha value is -1.51. The minimum atomic E-state index is -3.71. The molecule has 0 aromatic heterocycles. The molecule has 0 unspecified atom stereocenters. The summed E-state index contributed by atoms with van der Waals surface area (Å²) in [6, 6.07) is 4.18. The van der Waals surface area contributed by atoms with Crippen LogP contribution in [0.25, 0.3) is 0 Å². The van der Waals surface area contributed by atoms with E-state index in [0.717, 1.165) is 0 Å². The molecule has 9 heteroatoms. The van der Waals surface area contributed by atoms with Crippen molar-refractivity contribution in [1.82, 2.24) is 10.0 Å². The summed E-state index contributed by atoms with van der Waals surface area (Å²) in [5.74, 6) is 0. The number of benzene rings is 1. The van der Waals surface area contributed by atoms with E-state index in [1.165, 1.54) is 18.2 Å². The molecule has 0 heterocycles. The zero-order chi connectivity index (χ0) is 17.7. The standard InChI is InChI=1S/C14H22ClN3O4S/c1-14(2,3)22-13(19)17-7-4-8-18-23(20,21)12-6-5-10(15)9-11(12)16/h5-6,9,18H,4,7-8,16H2,1-3H3,(H,17,19). The average Bonchev–Trinajstić information content (AvgIpc) is 2.35. The molecule has 0 spiro atoms. The summed E-state index contributed by atoms with van der Waals surface area (Å²) in [5.41, 5.74) is 5.17. The molecule has 4 N–H and O–H groups in total. The normalized spacial score (nSPS) is 12.0. The fourth-order valence-corrected chi connectivity index (χ4v) is 3.01.